The van der Waals surface area contributed by atoms with Crippen LogP contribution < -0.4 is 5.32 Å². The molecule has 1 aromatic rings. The van der Waals surface area contributed by atoms with Crippen molar-refractivity contribution in [2.24, 2.45) is 7.05 Å². The number of aryl methyl sites for hydroxylation is 2. The van der Waals surface area contributed by atoms with E-state index in [-0.39, 0.29) is 0 Å². The quantitative estimate of drug-likeness (QED) is 0.798. The molecule has 0 aliphatic carbocycles. The number of ether oxygens (including phenoxy) is 1. The van der Waals surface area contributed by atoms with Crippen molar-refractivity contribution in [1.82, 2.24) is 15.1 Å². The number of hydrogen-bond donors (Lipinski definition) is 1. The summed E-state index contributed by atoms with van der Waals surface area (Å²) in [6.07, 6.45) is 0. The van der Waals surface area contributed by atoms with Gasteiger partial charge in [0.1, 0.15) is 0 Å². The third-order valence-corrected chi connectivity index (χ3v) is 2.86. The van der Waals surface area contributed by atoms with Gasteiger partial charge in [0.2, 0.25) is 0 Å². The Balaban J connectivity index is 2.48. The van der Waals surface area contributed by atoms with Gasteiger partial charge >= 0.3 is 0 Å². The van der Waals surface area contributed by atoms with Crippen molar-refractivity contribution in [3.8, 4) is 0 Å². The summed E-state index contributed by atoms with van der Waals surface area (Å²) < 4.78 is 7.30. The van der Waals surface area contributed by atoms with E-state index in [9.17, 15) is 0 Å². The molecule has 1 rings (SSSR count). The van der Waals surface area contributed by atoms with Crippen molar-refractivity contribution in [2.45, 2.75) is 40.3 Å². The van der Waals surface area contributed by atoms with Gasteiger partial charge in [0.05, 0.1) is 12.3 Å². The van der Waals surface area contributed by atoms with E-state index < -0.39 is 0 Å². The van der Waals surface area contributed by atoms with Crippen molar-refractivity contribution in [3.63, 3.8) is 0 Å². The lowest BCUT2D eigenvalue weighted by Crippen LogP contribution is -2.30. The molecule has 1 unspecified atom stereocenters. The summed E-state index contributed by atoms with van der Waals surface area (Å²) in [5, 5.41) is 7.85. The third-order valence-electron chi connectivity index (χ3n) is 2.86. The molecule has 1 heterocycles. The van der Waals surface area contributed by atoms with E-state index in [1.54, 1.807) is 0 Å². The van der Waals surface area contributed by atoms with Crippen LogP contribution in [0.4, 0.5) is 0 Å². The highest BCUT2D eigenvalue weighted by Crippen LogP contribution is 2.11. The summed E-state index contributed by atoms with van der Waals surface area (Å²) in [6, 6.07) is 0.374. The SMILES string of the molecule is CCOCC(C)NCc1c(C)nn(C)c1C. The smallest absolute Gasteiger partial charge is 0.0641 e. The van der Waals surface area contributed by atoms with Crippen molar-refractivity contribution >= 4 is 0 Å². The van der Waals surface area contributed by atoms with E-state index in [4.69, 9.17) is 4.74 Å². The Morgan fingerprint density at radius 2 is 2.12 bits per heavy atom. The van der Waals surface area contributed by atoms with E-state index in [2.05, 4.69) is 31.2 Å². The van der Waals surface area contributed by atoms with E-state index >= 15 is 0 Å². The molecule has 1 aromatic heterocycles. The van der Waals surface area contributed by atoms with Gasteiger partial charge in [0, 0.05) is 37.5 Å². The lowest BCUT2D eigenvalue weighted by Gasteiger charge is -2.13. The van der Waals surface area contributed by atoms with E-state index in [0.717, 1.165) is 25.5 Å². The average Bonchev–Trinajstić information content (AvgIpc) is 2.48. The van der Waals surface area contributed by atoms with Gasteiger partial charge in [-0.05, 0) is 27.7 Å². The average molecular weight is 225 g/mol. The van der Waals surface area contributed by atoms with Crippen LogP contribution in [0, 0.1) is 13.8 Å². The molecular formula is C12H23N3O. The Morgan fingerprint density at radius 3 is 2.62 bits per heavy atom. The van der Waals surface area contributed by atoms with Crippen molar-refractivity contribution < 1.29 is 4.74 Å². The maximum Gasteiger partial charge on any atom is 0.0641 e. The van der Waals surface area contributed by atoms with Crippen molar-refractivity contribution in [2.75, 3.05) is 13.2 Å². The van der Waals surface area contributed by atoms with Crippen LogP contribution in [0.25, 0.3) is 0 Å². The minimum atomic E-state index is 0.374. The van der Waals surface area contributed by atoms with Crippen LogP contribution in [0.2, 0.25) is 0 Å². The first-order valence-corrected chi connectivity index (χ1v) is 5.86. The van der Waals surface area contributed by atoms with Crippen LogP contribution in [0.1, 0.15) is 30.8 Å². The van der Waals surface area contributed by atoms with Crippen LogP contribution in [0.3, 0.4) is 0 Å². The second-order valence-corrected chi connectivity index (χ2v) is 4.21. The van der Waals surface area contributed by atoms with E-state index in [1.807, 2.05) is 18.7 Å². The zero-order valence-electron chi connectivity index (χ0n) is 11.0. The van der Waals surface area contributed by atoms with Gasteiger partial charge in [-0.15, -0.1) is 0 Å². The van der Waals surface area contributed by atoms with Gasteiger partial charge in [-0.2, -0.15) is 5.10 Å². The molecule has 16 heavy (non-hydrogen) atoms. The van der Waals surface area contributed by atoms with Gasteiger partial charge in [-0.25, -0.2) is 0 Å². The Labute approximate surface area is 98.0 Å². The summed E-state index contributed by atoms with van der Waals surface area (Å²) in [6.45, 7) is 10.7. The summed E-state index contributed by atoms with van der Waals surface area (Å²) in [5.41, 5.74) is 3.63. The Bertz CT molecular complexity index is 333. The summed E-state index contributed by atoms with van der Waals surface area (Å²) >= 11 is 0. The van der Waals surface area contributed by atoms with Crippen LogP contribution >= 0.6 is 0 Å². The number of nitrogens with one attached hydrogen (secondary N) is 1. The topological polar surface area (TPSA) is 39.1 Å². The molecule has 0 spiro atoms. The molecule has 1 N–H and O–H groups in total. The number of aromatic nitrogens is 2. The van der Waals surface area contributed by atoms with E-state index in [0.29, 0.717) is 6.04 Å². The zero-order chi connectivity index (χ0) is 12.1. The predicted octanol–water partition coefficient (Wildman–Crippen LogP) is 1.55. The first kappa shape index (κ1) is 13.2. The number of hydrogen-bond acceptors (Lipinski definition) is 3. The molecule has 0 amide bonds. The second-order valence-electron chi connectivity index (χ2n) is 4.21. The van der Waals surface area contributed by atoms with Crippen LogP contribution in [-0.4, -0.2) is 29.0 Å². The molecule has 4 heteroatoms. The molecule has 0 bridgehead atoms. The minimum absolute atomic E-state index is 0.374. The molecule has 0 fully saturated rings. The maximum atomic E-state index is 5.37. The summed E-state index contributed by atoms with van der Waals surface area (Å²) in [7, 11) is 1.98. The lowest BCUT2D eigenvalue weighted by molar-refractivity contribution is 0.127. The standard InChI is InChI=1S/C12H23N3O/c1-6-16-8-9(2)13-7-12-10(3)14-15(5)11(12)4/h9,13H,6-8H2,1-5H3. The molecule has 0 saturated heterocycles. The normalized spacial score (nSPS) is 13.1. The second kappa shape index (κ2) is 6.01. The molecule has 0 aromatic carbocycles. The number of nitrogens with zero attached hydrogens (tertiary/aromatic N) is 2. The van der Waals surface area contributed by atoms with Gasteiger partial charge in [0.15, 0.2) is 0 Å². The fourth-order valence-corrected chi connectivity index (χ4v) is 1.70. The lowest BCUT2D eigenvalue weighted by atomic mass is 10.2. The molecule has 0 saturated carbocycles. The highest BCUT2D eigenvalue weighted by atomic mass is 16.5. The first-order chi connectivity index (χ1) is 7.56. The molecule has 1 atom stereocenters. The monoisotopic (exact) mass is 225 g/mol. The summed E-state index contributed by atoms with van der Waals surface area (Å²) in [4.78, 5) is 0. The first-order valence-electron chi connectivity index (χ1n) is 5.86. The molecular weight excluding hydrogens is 202 g/mol. The van der Waals surface area contributed by atoms with E-state index in [1.165, 1.54) is 11.3 Å². The van der Waals surface area contributed by atoms with Crippen molar-refractivity contribution in [3.05, 3.63) is 17.0 Å². The van der Waals surface area contributed by atoms with Crippen LogP contribution in [0.5, 0.6) is 0 Å². The Morgan fingerprint density at radius 1 is 1.44 bits per heavy atom. The molecule has 0 aliphatic rings. The maximum absolute atomic E-state index is 5.37. The van der Waals surface area contributed by atoms with Crippen molar-refractivity contribution in [1.29, 1.82) is 0 Å². The third kappa shape index (κ3) is 3.32. The predicted molar refractivity (Wildman–Crippen MR) is 65.5 cm³/mol. The van der Waals surface area contributed by atoms with Crippen LogP contribution in [-0.2, 0) is 18.3 Å². The Hall–Kier alpha value is -0.870. The number of rotatable bonds is 6. The van der Waals surface area contributed by atoms with Gasteiger partial charge < -0.3 is 10.1 Å². The van der Waals surface area contributed by atoms with Gasteiger partial charge in [-0.1, -0.05) is 0 Å². The van der Waals surface area contributed by atoms with Gasteiger partial charge in [-0.3, -0.25) is 4.68 Å². The molecule has 92 valence electrons. The Kier molecular flexibility index (Phi) is 4.96. The highest BCUT2D eigenvalue weighted by molar-refractivity contribution is 5.24. The highest BCUT2D eigenvalue weighted by Gasteiger charge is 2.10. The molecule has 0 radical (unpaired) electrons. The molecule has 4 nitrogen and oxygen atoms in total. The zero-order valence-corrected chi connectivity index (χ0v) is 11.0. The fraction of sp³-hybridized carbons (Fsp3) is 0.750. The molecule has 0 aliphatic heterocycles. The minimum Gasteiger partial charge on any atom is -0.380 e. The van der Waals surface area contributed by atoms with Crippen LogP contribution in [0.15, 0.2) is 0 Å². The largest absolute Gasteiger partial charge is 0.380 e. The summed E-state index contributed by atoms with van der Waals surface area (Å²) in [5.74, 6) is 0. The van der Waals surface area contributed by atoms with Gasteiger partial charge in [0.25, 0.3) is 0 Å². The fourth-order valence-electron chi connectivity index (χ4n) is 1.70.